The molecule has 15 heavy (non-hydrogen) atoms. The lowest BCUT2D eigenvalue weighted by atomic mass is 10.1. The van der Waals surface area contributed by atoms with Crippen LogP contribution in [0.15, 0.2) is 0 Å². The van der Waals surface area contributed by atoms with Crippen LogP contribution in [-0.2, 0) is 9.59 Å². The predicted molar refractivity (Wildman–Crippen MR) is 58.8 cm³/mol. The van der Waals surface area contributed by atoms with E-state index in [9.17, 15) is 9.59 Å². The van der Waals surface area contributed by atoms with Gasteiger partial charge in [-0.15, -0.1) is 12.4 Å². The summed E-state index contributed by atoms with van der Waals surface area (Å²) >= 11 is 0. The van der Waals surface area contributed by atoms with Gasteiger partial charge in [0.15, 0.2) is 0 Å². The molecule has 0 spiro atoms. The third-order valence-corrected chi connectivity index (χ3v) is 1.77. The van der Waals surface area contributed by atoms with Crippen LogP contribution in [-0.4, -0.2) is 36.1 Å². The van der Waals surface area contributed by atoms with Gasteiger partial charge in [0.05, 0.1) is 6.54 Å². The van der Waals surface area contributed by atoms with E-state index in [1.165, 1.54) is 0 Å². The van der Waals surface area contributed by atoms with Gasteiger partial charge in [0.25, 0.3) is 0 Å². The molecule has 0 aliphatic rings. The van der Waals surface area contributed by atoms with E-state index >= 15 is 0 Å². The number of aliphatic carboxylic acids is 1. The average molecular weight is 240 g/mol. The number of halogens is 1. The van der Waals surface area contributed by atoms with Gasteiger partial charge in [0, 0.05) is 0 Å². The first-order valence-corrected chi connectivity index (χ1v) is 4.54. The third kappa shape index (κ3) is 8.17. The molecule has 0 unspecified atom stereocenters. The molecule has 1 atom stereocenters. The first-order valence-electron chi connectivity index (χ1n) is 4.54. The lowest BCUT2D eigenvalue weighted by Gasteiger charge is -2.13. The topological polar surface area (TPSA) is 118 Å². The summed E-state index contributed by atoms with van der Waals surface area (Å²) in [6.07, 6.45) is 1.82. The molecule has 0 aliphatic carbocycles. The summed E-state index contributed by atoms with van der Waals surface area (Å²) in [5.74, 6) is -1.49. The maximum Gasteiger partial charge on any atom is 0.326 e. The first-order chi connectivity index (χ1) is 6.61. The van der Waals surface area contributed by atoms with Gasteiger partial charge in [-0.2, -0.15) is 0 Å². The summed E-state index contributed by atoms with van der Waals surface area (Å²) in [6.45, 7) is 0.331. The zero-order chi connectivity index (χ0) is 11.0. The Morgan fingerprint density at radius 2 is 1.87 bits per heavy atom. The standard InChI is InChI=1S/C8H17N3O3.ClH/c9-4-2-1-3-6(8(13)14)11-7(12)5-10;/h6H,1-5,9-10H2,(H,11,12)(H,13,14);1H/t6-;/m1./s1. The van der Waals surface area contributed by atoms with E-state index in [-0.39, 0.29) is 19.0 Å². The van der Waals surface area contributed by atoms with E-state index in [1.807, 2.05) is 0 Å². The molecule has 6 N–H and O–H groups in total. The fourth-order valence-electron chi connectivity index (χ4n) is 1.00. The van der Waals surface area contributed by atoms with Gasteiger partial charge in [0.2, 0.25) is 5.91 Å². The third-order valence-electron chi connectivity index (χ3n) is 1.77. The monoisotopic (exact) mass is 239 g/mol. The van der Waals surface area contributed by atoms with Crippen molar-refractivity contribution in [1.29, 1.82) is 0 Å². The number of rotatable bonds is 7. The Balaban J connectivity index is 0. The number of hydrogen-bond acceptors (Lipinski definition) is 4. The Hall–Kier alpha value is -0.850. The lowest BCUT2D eigenvalue weighted by Crippen LogP contribution is -2.43. The fourth-order valence-corrected chi connectivity index (χ4v) is 1.00. The summed E-state index contributed by atoms with van der Waals surface area (Å²) < 4.78 is 0. The van der Waals surface area contributed by atoms with Crippen LogP contribution in [0.2, 0.25) is 0 Å². The van der Waals surface area contributed by atoms with Gasteiger partial charge < -0.3 is 21.9 Å². The smallest absolute Gasteiger partial charge is 0.326 e. The molecule has 0 saturated carbocycles. The van der Waals surface area contributed by atoms with Gasteiger partial charge in [-0.3, -0.25) is 4.79 Å². The molecule has 0 saturated heterocycles. The highest BCUT2D eigenvalue weighted by molar-refractivity contribution is 5.85. The highest BCUT2D eigenvalue weighted by Crippen LogP contribution is 2.00. The lowest BCUT2D eigenvalue weighted by molar-refractivity contribution is -0.141. The summed E-state index contributed by atoms with van der Waals surface area (Å²) in [5, 5.41) is 11.1. The second-order valence-electron chi connectivity index (χ2n) is 2.95. The molecular weight excluding hydrogens is 222 g/mol. The highest BCUT2D eigenvalue weighted by atomic mass is 35.5. The Labute approximate surface area is 94.8 Å². The van der Waals surface area contributed by atoms with Gasteiger partial charge in [-0.1, -0.05) is 0 Å². The van der Waals surface area contributed by atoms with Crippen LogP contribution in [0.25, 0.3) is 0 Å². The zero-order valence-electron chi connectivity index (χ0n) is 8.44. The number of nitrogens with two attached hydrogens (primary N) is 2. The fraction of sp³-hybridized carbons (Fsp3) is 0.750. The minimum absolute atomic E-state index is 0. The van der Waals surface area contributed by atoms with E-state index in [1.54, 1.807) is 0 Å². The number of carboxylic acid groups (broad SMARTS) is 1. The first kappa shape index (κ1) is 16.6. The van der Waals surface area contributed by atoms with Gasteiger partial charge in [0.1, 0.15) is 6.04 Å². The number of carboxylic acids is 1. The second-order valence-corrected chi connectivity index (χ2v) is 2.95. The quantitative estimate of drug-likeness (QED) is 0.428. The van der Waals surface area contributed by atoms with Crippen molar-refractivity contribution in [2.24, 2.45) is 11.5 Å². The van der Waals surface area contributed by atoms with Crippen molar-refractivity contribution in [2.75, 3.05) is 13.1 Å². The number of amides is 1. The zero-order valence-corrected chi connectivity index (χ0v) is 9.26. The van der Waals surface area contributed by atoms with Crippen LogP contribution >= 0.6 is 12.4 Å². The Morgan fingerprint density at radius 3 is 2.27 bits per heavy atom. The normalized spacial score (nSPS) is 11.3. The number of hydrogen-bond donors (Lipinski definition) is 4. The van der Waals surface area contributed by atoms with Crippen molar-refractivity contribution in [3.05, 3.63) is 0 Å². The van der Waals surface area contributed by atoms with E-state index < -0.39 is 17.9 Å². The molecule has 7 heteroatoms. The van der Waals surface area contributed by atoms with Crippen LogP contribution in [0.3, 0.4) is 0 Å². The average Bonchev–Trinajstić information content (AvgIpc) is 2.16. The van der Waals surface area contributed by atoms with Crippen molar-refractivity contribution >= 4 is 24.3 Å². The number of nitrogens with one attached hydrogen (secondary N) is 1. The molecule has 0 heterocycles. The SMILES string of the molecule is Cl.NCCCC[C@@H](NC(=O)CN)C(=O)O. The van der Waals surface area contributed by atoms with Crippen molar-refractivity contribution in [3.63, 3.8) is 0 Å². The highest BCUT2D eigenvalue weighted by Gasteiger charge is 2.18. The van der Waals surface area contributed by atoms with Crippen molar-refractivity contribution < 1.29 is 14.7 Å². The molecule has 0 fully saturated rings. The summed E-state index contributed by atoms with van der Waals surface area (Å²) in [5.41, 5.74) is 10.3. The second kappa shape index (κ2) is 9.70. The van der Waals surface area contributed by atoms with Gasteiger partial charge in [-0.25, -0.2) is 4.79 Å². The van der Waals surface area contributed by atoms with Gasteiger partial charge in [-0.05, 0) is 25.8 Å². The Kier molecular flexibility index (Phi) is 10.7. The van der Waals surface area contributed by atoms with Crippen LogP contribution in [0.1, 0.15) is 19.3 Å². The number of carbonyl (C=O) groups is 2. The van der Waals surface area contributed by atoms with E-state index in [0.29, 0.717) is 19.4 Å². The largest absolute Gasteiger partial charge is 0.480 e. The summed E-state index contributed by atoms with van der Waals surface area (Å²) in [6, 6.07) is -0.849. The van der Waals surface area contributed by atoms with Gasteiger partial charge >= 0.3 is 5.97 Å². The molecule has 6 nitrogen and oxygen atoms in total. The van der Waals surface area contributed by atoms with E-state index in [0.717, 1.165) is 6.42 Å². The molecule has 0 bridgehead atoms. The van der Waals surface area contributed by atoms with E-state index in [2.05, 4.69) is 5.32 Å². The van der Waals surface area contributed by atoms with E-state index in [4.69, 9.17) is 16.6 Å². The molecule has 0 rings (SSSR count). The summed E-state index contributed by atoms with van der Waals surface area (Å²) in [4.78, 5) is 21.5. The molecule has 90 valence electrons. The number of carbonyl (C=O) groups excluding carboxylic acids is 1. The molecule has 1 amide bonds. The van der Waals surface area contributed by atoms with Crippen LogP contribution in [0.5, 0.6) is 0 Å². The molecular formula is C8H18ClN3O3. The summed E-state index contributed by atoms with van der Waals surface area (Å²) in [7, 11) is 0. The maximum atomic E-state index is 10.8. The Morgan fingerprint density at radius 1 is 1.27 bits per heavy atom. The van der Waals surface area contributed by atoms with Crippen molar-refractivity contribution in [1.82, 2.24) is 5.32 Å². The Bertz CT molecular complexity index is 202. The molecule has 0 aromatic heterocycles. The predicted octanol–water partition coefficient (Wildman–Crippen LogP) is -0.935. The maximum absolute atomic E-state index is 10.8. The van der Waals surface area contributed by atoms with Crippen LogP contribution < -0.4 is 16.8 Å². The van der Waals surface area contributed by atoms with Crippen LogP contribution in [0.4, 0.5) is 0 Å². The molecule has 0 aliphatic heterocycles. The minimum atomic E-state index is -1.04. The van der Waals surface area contributed by atoms with Crippen molar-refractivity contribution in [2.45, 2.75) is 25.3 Å². The molecule has 0 aromatic carbocycles. The van der Waals surface area contributed by atoms with Crippen molar-refractivity contribution in [3.8, 4) is 0 Å². The minimum Gasteiger partial charge on any atom is -0.480 e. The number of unbranched alkanes of at least 4 members (excludes halogenated alkanes) is 1. The van der Waals surface area contributed by atoms with Crippen LogP contribution in [0, 0.1) is 0 Å². The molecule has 0 radical (unpaired) electrons. The molecule has 0 aromatic rings.